The minimum atomic E-state index is -0.414. The molecule has 2 heterocycles. The summed E-state index contributed by atoms with van der Waals surface area (Å²) >= 11 is 0. The Hall–Kier alpha value is -1.76. The molecule has 2 aliphatic rings. The number of aromatic amines is 1. The molecule has 0 spiro atoms. The van der Waals surface area contributed by atoms with E-state index in [0.29, 0.717) is 30.2 Å². The lowest BCUT2D eigenvalue weighted by atomic mass is 9.69. The van der Waals surface area contributed by atoms with Gasteiger partial charge in [-0.05, 0) is 56.3 Å². The number of amides is 1. The topological polar surface area (TPSA) is 97.0 Å². The lowest BCUT2D eigenvalue weighted by Crippen LogP contribution is -2.39. The lowest BCUT2D eigenvalue weighted by Gasteiger charge is -2.36. The van der Waals surface area contributed by atoms with E-state index < -0.39 is 6.04 Å². The Morgan fingerprint density at radius 3 is 2.46 bits per heavy atom. The second kappa shape index (κ2) is 8.72. The second-order valence-corrected chi connectivity index (χ2v) is 9.31. The van der Waals surface area contributed by atoms with Gasteiger partial charge in [-0.3, -0.25) is 9.59 Å². The monoisotopic (exact) mass is 390 g/mol. The summed E-state index contributed by atoms with van der Waals surface area (Å²) in [6, 6.07) is -0.414. The molecule has 2 unspecified atom stereocenters. The SMILES string of the molecule is CCC(NC(=O)[C@H]1CC[C@@H](C(C)(C)C)CC1)c1nnc(C2CCCO2)[nH]c1=O. The van der Waals surface area contributed by atoms with E-state index in [0.717, 1.165) is 38.5 Å². The zero-order valence-electron chi connectivity index (χ0n) is 17.6. The molecular weight excluding hydrogens is 356 g/mol. The Bertz CT molecular complexity index is 726. The van der Waals surface area contributed by atoms with Crippen molar-refractivity contribution >= 4 is 5.91 Å². The molecule has 1 saturated heterocycles. The summed E-state index contributed by atoms with van der Waals surface area (Å²) in [5, 5.41) is 11.4. The van der Waals surface area contributed by atoms with Crippen molar-refractivity contribution in [2.24, 2.45) is 17.3 Å². The van der Waals surface area contributed by atoms with Crippen LogP contribution in [0.5, 0.6) is 0 Å². The summed E-state index contributed by atoms with van der Waals surface area (Å²) < 4.78 is 5.55. The highest BCUT2D eigenvalue weighted by Crippen LogP contribution is 2.40. The zero-order valence-corrected chi connectivity index (χ0v) is 17.6. The highest BCUT2D eigenvalue weighted by molar-refractivity contribution is 5.79. The van der Waals surface area contributed by atoms with Gasteiger partial charge in [0.05, 0.1) is 6.04 Å². The molecule has 2 N–H and O–H groups in total. The third-order valence-corrected chi connectivity index (χ3v) is 6.35. The maximum atomic E-state index is 12.8. The predicted molar refractivity (Wildman–Crippen MR) is 107 cm³/mol. The van der Waals surface area contributed by atoms with Crippen molar-refractivity contribution in [2.45, 2.75) is 84.8 Å². The Morgan fingerprint density at radius 2 is 1.93 bits per heavy atom. The molecule has 1 aliphatic carbocycles. The van der Waals surface area contributed by atoms with Crippen LogP contribution in [0.1, 0.15) is 96.3 Å². The van der Waals surface area contributed by atoms with Crippen LogP contribution in [0, 0.1) is 17.3 Å². The third-order valence-electron chi connectivity index (χ3n) is 6.35. The summed E-state index contributed by atoms with van der Waals surface area (Å²) in [6.45, 7) is 9.45. The van der Waals surface area contributed by atoms with Crippen LogP contribution in [0.4, 0.5) is 0 Å². The largest absolute Gasteiger partial charge is 0.370 e. The summed E-state index contributed by atoms with van der Waals surface area (Å²) in [5.74, 6) is 1.19. The predicted octanol–water partition coefficient (Wildman–Crippen LogP) is 3.44. The van der Waals surface area contributed by atoms with Crippen molar-refractivity contribution in [3.8, 4) is 0 Å². The molecule has 28 heavy (non-hydrogen) atoms. The fourth-order valence-electron chi connectivity index (χ4n) is 4.40. The quantitative estimate of drug-likeness (QED) is 0.803. The summed E-state index contributed by atoms with van der Waals surface area (Å²) in [7, 11) is 0. The van der Waals surface area contributed by atoms with Crippen molar-refractivity contribution in [3.05, 3.63) is 21.9 Å². The van der Waals surface area contributed by atoms with Gasteiger partial charge in [0, 0.05) is 12.5 Å². The number of carbonyl (C=O) groups is 1. The molecule has 0 radical (unpaired) electrons. The molecule has 1 amide bonds. The first kappa shape index (κ1) is 21.0. The molecule has 0 aromatic carbocycles. The molecular formula is C21H34N4O3. The summed E-state index contributed by atoms with van der Waals surface area (Å²) in [5.41, 5.74) is 0.284. The fraction of sp³-hybridized carbons (Fsp3) is 0.810. The van der Waals surface area contributed by atoms with Gasteiger partial charge in [0.2, 0.25) is 5.91 Å². The summed E-state index contributed by atoms with van der Waals surface area (Å²) in [6.07, 6.45) is 6.19. The minimum Gasteiger partial charge on any atom is -0.370 e. The maximum Gasteiger partial charge on any atom is 0.275 e. The Morgan fingerprint density at radius 1 is 1.21 bits per heavy atom. The van der Waals surface area contributed by atoms with Gasteiger partial charge in [-0.25, -0.2) is 0 Å². The molecule has 1 aliphatic heterocycles. The van der Waals surface area contributed by atoms with Gasteiger partial charge in [0.25, 0.3) is 5.56 Å². The van der Waals surface area contributed by atoms with Crippen LogP contribution < -0.4 is 10.9 Å². The molecule has 1 aromatic rings. The molecule has 1 aromatic heterocycles. The number of H-pyrrole nitrogens is 1. The molecule has 7 nitrogen and oxygen atoms in total. The van der Waals surface area contributed by atoms with Crippen LogP contribution >= 0.6 is 0 Å². The average Bonchev–Trinajstić information content (AvgIpc) is 3.20. The van der Waals surface area contributed by atoms with E-state index in [1.54, 1.807) is 0 Å². The van der Waals surface area contributed by atoms with Gasteiger partial charge in [-0.15, -0.1) is 10.2 Å². The van der Waals surface area contributed by atoms with E-state index >= 15 is 0 Å². The van der Waals surface area contributed by atoms with Gasteiger partial charge in [0.15, 0.2) is 11.5 Å². The Kier molecular flexibility index (Phi) is 6.53. The van der Waals surface area contributed by atoms with Crippen LogP contribution in [0.25, 0.3) is 0 Å². The number of rotatable bonds is 5. The van der Waals surface area contributed by atoms with Crippen molar-refractivity contribution in [2.75, 3.05) is 6.61 Å². The van der Waals surface area contributed by atoms with Crippen LogP contribution in [0.2, 0.25) is 0 Å². The van der Waals surface area contributed by atoms with Crippen LogP contribution in [-0.4, -0.2) is 27.7 Å². The van der Waals surface area contributed by atoms with E-state index in [-0.39, 0.29) is 29.2 Å². The van der Waals surface area contributed by atoms with Crippen molar-refractivity contribution < 1.29 is 9.53 Å². The molecule has 2 fully saturated rings. The number of nitrogens with one attached hydrogen (secondary N) is 2. The smallest absolute Gasteiger partial charge is 0.275 e. The van der Waals surface area contributed by atoms with Crippen molar-refractivity contribution in [3.63, 3.8) is 0 Å². The number of hydrogen-bond acceptors (Lipinski definition) is 5. The highest BCUT2D eigenvalue weighted by atomic mass is 16.5. The van der Waals surface area contributed by atoms with Gasteiger partial charge < -0.3 is 15.0 Å². The maximum absolute atomic E-state index is 12.8. The van der Waals surface area contributed by atoms with Gasteiger partial charge >= 0.3 is 0 Å². The third kappa shape index (κ3) is 4.80. The van der Waals surface area contributed by atoms with Crippen molar-refractivity contribution in [1.29, 1.82) is 0 Å². The zero-order chi connectivity index (χ0) is 20.3. The van der Waals surface area contributed by atoms with Crippen LogP contribution in [0.15, 0.2) is 4.79 Å². The standard InChI is InChI=1S/C21H34N4O3/c1-5-15(17-20(27)23-18(25-24-17)16-7-6-12-28-16)22-19(26)13-8-10-14(11-9-13)21(2,3)4/h13-16H,5-12H2,1-4H3,(H,22,26)(H,23,25,27)/t13-,14+,15?,16?. The summed E-state index contributed by atoms with van der Waals surface area (Å²) in [4.78, 5) is 28.1. The van der Waals surface area contributed by atoms with Crippen molar-refractivity contribution in [1.82, 2.24) is 20.5 Å². The van der Waals surface area contributed by atoms with Gasteiger partial charge in [-0.2, -0.15) is 0 Å². The van der Waals surface area contributed by atoms with E-state index in [1.165, 1.54) is 0 Å². The first-order valence-electron chi connectivity index (χ1n) is 10.7. The number of nitrogens with zero attached hydrogens (tertiary/aromatic N) is 2. The molecule has 0 bridgehead atoms. The Labute approximate surface area is 167 Å². The Balaban J connectivity index is 1.62. The van der Waals surface area contributed by atoms with E-state index in [4.69, 9.17) is 4.74 Å². The fourth-order valence-corrected chi connectivity index (χ4v) is 4.40. The highest BCUT2D eigenvalue weighted by Gasteiger charge is 2.33. The van der Waals surface area contributed by atoms with Crippen LogP contribution in [-0.2, 0) is 9.53 Å². The van der Waals surface area contributed by atoms with E-state index in [1.807, 2.05) is 6.92 Å². The molecule has 156 valence electrons. The van der Waals surface area contributed by atoms with Gasteiger partial charge in [-0.1, -0.05) is 27.7 Å². The number of carbonyl (C=O) groups excluding carboxylic acids is 1. The first-order valence-corrected chi connectivity index (χ1v) is 10.7. The molecule has 7 heteroatoms. The first-order chi connectivity index (χ1) is 13.3. The normalized spacial score (nSPS) is 26.8. The lowest BCUT2D eigenvalue weighted by molar-refractivity contribution is -0.127. The second-order valence-electron chi connectivity index (χ2n) is 9.31. The molecule has 2 atom stereocenters. The molecule has 1 saturated carbocycles. The van der Waals surface area contributed by atoms with E-state index in [2.05, 4.69) is 41.3 Å². The number of ether oxygens (including phenoxy) is 1. The molecule has 3 rings (SSSR count). The van der Waals surface area contributed by atoms with Crippen LogP contribution in [0.3, 0.4) is 0 Å². The number of aromatic nitrogens is 3. The number of hydrogen-bond donors (Lipinski definition) is 2. The average molecular weight is 391 g/mol. The van der Waals surface area contributed by atoms with E-state index in [9.17, 15) is 9.59 Å². The minimum absolute atomic E-state index is 0.0193. The van der Waals surface area contributed by atoms with Gasteiger partial charge in [0.1, 0.15) is 6.10 Å².